The first-order valence-corrected chi connectivity index (χ1v) is 7.59. The highest BCUT2D eigenvalue weighted by Crippen LogP contribution is 2.23. The fraction of sp³-hybridized carbons (Fsp3) is 0.211. The van der Waals surface area contributed by atoms with Gasteiger partial charge in [0, 0.05) is 18.4 Å². The second-order valence-electron chi connectivity index (χ2n) is 5.64. The minimum atomic E-state index is 0.571. The Labute approximate surface area is 136 Å². The van der Waals surface area contributed by atoms with E-state index in [-0.39, 0.29) is 0 Å². The van der Waals surface area contributed by atoms with Crippen LogP contribution in [0.4, 0.5) is 11.4 Å². The Kier molecular flexibility index (Phi) is 3.94. The summed E-state index contributed by atoms with van der Waals surface area (Å²) in [5.74, 6) is 2.70. The van der Waals surface area contributed by atoms with Crippen LogP contribution >= 0.6 is 0 Å². The molecule has 1 aromatic carbocycles. The molecule has 0 bridgehead atoms. The third kappa shape index (κ3) is 2.74. The van der Waals surface area contributed by atoms with Gasteiger partial charge in [-0.3, -0.25) is 0 Å². The molecule has 4 nitrogen and oxygen atoms in total. The smallest absolute Gasteiger partial charge is 0.160 e. The van der Waals surface area contributed by atoms with Gasteiger partial charge < -0.3 is 15.5 Å². The largest absolute Gasteiger partial charge is 0.398 e. The second kappa shape index (κ2) is 6.05. The van der Waals surface area contributed by atoms with Crippen LogP contribution in [0, 0.1) is 26.2 Å². The molecule has 0 atom stereocenters. The van der Waals surface area contributed by atoms with E-state index in [0.29, 0.717) is 13.0 Å². The molecule has 0 amide bonds. The molecule has 0 unspecified atom stereocenters. The van der Waals surface area contributed by atoms with Gasteiger partial charge in [-0.1, -0.05) is 12.1 Å². The van der Waals surface area contributed by atoms with Crippen molar-refractivity contribution in [2.75, 3.05) is 11.1 Å². The number of benzene rings is 1. The molecule has 0 aliphatic heterocycles. The van der Waals surface area contributed by atoms with Gasteiger partial charge in [0.1, 0.15) is 0 Å². The van der Waals surface area contributed by atoms with Gasteiger partial charge in [-0.15, -0.1) is 12.3 Å². The summed E-state index contributed by atoms with van der Waals surface area (Å²) in [5.41, 5.74) is 13.1. The standard InChI is InChI=1S/C19H20N4/c1-4-7-18-14(3)22-19-17(10-6-11-23(18)19)21-12-15-13(2)8-5-9-16(15)20/h1,5-6,8-11,21H,7,12,20H2,2-3H3. The minimum absolute atomic E-state index is 0.571. The molecule has 0 aliphatic carbocycles. The van der Waals surface area contributed by atoms with Crippen LogP contribution in [0.2, 0.25) is 0 Å². The molecular formula is C19H20N4. The summed E-state index contributed by atoms with van der Waals surface area (Å²) < 4.78 is 2.05. The van der Waals surface area contributed by atoms with E-state index in [9.17, 15) is 0 Å². The number of nitrogens with one attached hydrogen (secondary N) is 1. The average Bonchev–Trinajstić information content (AvgIpc) is 2.84. The number of hydrogen-bond acceptors (Lipinski definition) is 3. The Morgan fingerprint density at radius 2 is 2.09 bits per heavy atom. The van der Waals surface area contributed by atoms with E-state index in [2.05, 4.69) is 33.6 Å². The number of aryl methyl sites for hydroxylation is 2. The first-order chi connectivity index (χ1) is 11.1. The zero-order valence-corrected chi connectivity index (χ0v) is 13.4. The molecule has 4 heteroatoms. The molecule has 3 rings (SSSR count). The van der Waals surface area contributed by atoms with Crippen molar-refractivity contribution in [1.82, 2.24) is 9.38 Å². The number of rotatable bonds is 4. The molecule has 116 valence electrons. The quantitative estimate of drug-likeness (QED) is 0.574. The number of fused-ring (bicyclic) bond motifs is 1. The van der Waals surface area contributed by atoms with Gasteiger partial charge in [-0.2, -0.15) is 0 Å². The Morgan fingerprint density at radius 1 is 1.26 bits per heavy atom. The van der Waals surface area contributed by atoms with Crippen molar-refractivity contribution in [2.45, 2.75) is 26.8 Å². The molecule has 3 N–H and O–H groups in total. The zero-order chi connectivity index (χ0) is 16.4. The summed E-state index contributed by atoms with van der Waals surface area (Å²) >= 11 is 0. The predicted octanol–water partition coefficient (Wildman–Crippen LogP) is 3.32. The van der Waals surface area contributed by atoms with Crippen LogP contribution in [0.15, 0.2) is 36.5 Å². The van der Waals surface area contributed by atoms with Crippen molar-refractivity contribution in [3.8, 4) is 12.3 Å². The van der Waals surface area contributed by atoms with Gasteiger partial charge in [0.05, 0.1) is 23.5 Å². The van der Waals surface area contributed by atoms with Crippen molar-refractivity contribution in [1.29, 1.82) is 0 Å². The van der Waals surface area contributed by atoms with Crippen LogP contribution < -0.4 is 11.1 Å². The van der Waals surface area contributed by atoms with E-state index in [1.165, 1.54) is 5.56 Å². The predicted molar refractivity (Wildman–Crippen MR) is 95.4 cm³/mol. The first kappa shape index (κ1) is 15.0. The number of nitrogens with two attached hydrogens (primary N) is 1. The number of imidazole rings is 1. The van der Waals surface area contributed by atoms with Crippen molar-refractivity contribution in [3.63, 3.8) is 0 Å². The number of anilines is 2. The lowest BCUT2D eigenvalue weighted by molar-refractivity contribution is 1.04. The number of aromatic nitrogens is 2. The summed E-state index contributed by atoms with van der Waals surface area (Å²) in [4.78, 5) is 4.66. The lowest BCUT2D eigenvalue weighted by atomic mass is 10.1. The van der Waals surface area contributed by atoms with E-state index in [0.717, 1.165) is 34.0 Å². The van der Waals surface area contributed by atoms with Gasteiger partial charge in [0.25, 0.3) is 0 Å². The second-order valence-corrected chi connectivity index (χ2v) is 5.64. The Morgan fingerprint density at radius 3 is 2.83 bits per heavy atom. The summed E-state index contributed by atoms with van der Waals surface area (Å²) in [7, 11) is 0. The van der Waals surface area contributed by atoms with E-state index in [1.54, 1.807) is 0 Å². The van der Waals surface area contributed by atoms with Crippen LogP contribution in [0.25, 0.3) is 5.65 Å². The van der Waals surface area contributed by atoms with Crippen LogP contribution in [0.5, 0.6) is 0 Å². The number of pyridine rings is 1. The molecule has 0 fully saturated rings. The molecule has 0 saturated heterocycles. The summed E-state index contributed by atoms with van der Waals surface area (Å²) in [6, 6.07) is 9.99. The van der Waals surface area contributed by atoms with Gasteiger partial charge in [-0.05, 0) is 43.2 Å². The fourth-order valence-corrected chi connectivity index (χ4v) is 2.83. The molecule has 0 spiro atoms. The van der Waals surface area contributed by atoms with Crippen molar-refractivity contribution in [2.24, 2.45) is 0 Å². The Bertz CT molecular complexity index is 879. The Balaban J connectivity index is 1.95. The van der Waals surface area contributed by atoms with Crippen molar-refractivity contribution < 1.29 is 0 Å². The van der Waals surface area contributed by atoms with Crippen LogP contribution in [0.1, 0.15) is 22.5 Å². The topological polar surface area (TPSA) is 55.3 Å². The summed E-state index contributed by atoms with van der Waals surface area (Å²) in [5, 5.41) is 3.45. The number of terminal acetylenes is 1. The normalized spacial score (nSPS) is 10.7. The lowest BCUT2D eigenvalue weighted by Crippen LogP contribution is -2.06. The number of nitrogen functional groups attached to an aromatic ring is 1. The molecular weight excluding hydrogens is 284 g/mol. The monoisotopic (exact) mass is 304 g/mol. The first-order valence-electron chi connectivity index (χ1n) is 7.59. The zero-order valence-electron chi connectivity index (χ0n) is 13.4. The Hall–Kier alpha value is -2.93. The van der Waals surface area contributed by atoms with Crippen LogP contribution in [0.3, 0.4) is 0 Å². The fourth-order valence-electron chi connectivity index (χ4n) is 2.83. The SMILES string of the molecule is C#CCc1c(C)nc2c(NCc3c(C)cccc3N)cccn12. The third-order valence-electron chi connectivity index (χ3n) is 4.12. The maximum absolute atomic E-state index is 6.08. The molecule has 23 heavy (non-hydrogen) atoms. The maximum Gasteiger partial charge on any atom is 0.160 e. The van der Waals surface area contributed by atoms with E-state index >= 15 is 0 Å². The van der Waals surface area contributed by atoms with E-state index < -0.39 is 0 Å². The molecule has 0 radical (unpaired) electrons. The van der Waals surface area contributed by atoms with Crippen LogP contribution in [-0.4, -0.2) is 9.38 Å². The third-order valence-corrected chi connectivity index (χ3v) is 4.12. The molecule has 2 heterocycles. The summed E-state index contributed by atoms with van der Waals surface area (Å²) in [6.07, 6.45) is 8.03. The number of hydrogen-bond donors (Lipinski definition) is 2. The van der Waals surface area contributed by atoms with Gasteiger partial charge in [0.2, 0.25) is 0 Å². The van der Waals surface area contributed by atoms with Crippen molar-refractivity contribution in [3.05, 3.63) is 59.0 Å². The minimum Gasteiger partial charge on any atom is -0.398 e. The molecule has 3 aromatic rings. The lowest BCUT2D eigenvalue weighted by Gasteiger charge is -2.12. The molecule has 2 aromatic heterocycles. The van der Waals surface area contributed by atoms with Crippen LogP contribution in [-0.2, 0) is 13.0 Å². The summed E-state index contributed by atoms with van der Waals surface area (Å²) in [6.45, 7) is 4.72. The van der Waals surface area contributed by atoms with Crippen molar-refractivity contribution >= 4 is 17.0 Å². The van der Waals surface area contributed by atoms with Gasteiger partial charge in [0.15, 0.2) is 5.65 Å². The van der Waals surface area contributed by atoms with E-state index in [4.69, 9.17) is 12.2 Å². The van der Waals surface area contributed by atoms with E-state index in [1.807, 2.05) is 37.4 Å². The maximum atomic E-state index is 6.08. The molecule has 0 saturated carbocycles. The van der Waals surface area contributed by atoms with Gasteiger partial charge >= 0.3 is 0 Å². The highest BCUT2D eigenvalue weighted by atomic mass is 15.1. The highest BCUT2D eigenvalue weighted by Gasteiger charge is 2.11. The van der Waals surface area contributed by atoms with Gasteiger partial charge in [-0.25, -0.2) is 4.98 Å². The number of nitrogens with zero attached hydrogens (tertiary/aromatic N) is 2. The average molecular weight is 304 g/mol. The molecule has 0 aliphatic rings. The highest BCUT2D eigenvalue weighted by molar-refractivity contribution is 5.69.